The highest BCUT2D eigenvalue weighted by molar-refractivity contribution is 6.32. The molecule has 0 saturated carbocycles. The standard InChI is InChI=1S/C15H13ClF3N3O2/c1-23-11-4-3-9(13(6-11)24-2)7-21-22-14-12(16)5-10(8-20-14)15(17,18)19/h3-8H,1-2H3,(H,20,22). The molecule has 0 saturated heterocycles. The summed E-state index contributed by atoms with van der Waals surface area (Å²) in [5.74, 6) is 1.14. The molecule has 2 rings (SSSR count). The third-order valence-corrected chi connectivity index (χ3v) is 3.27. The molecular weight excluding hydrogens is 347 g/mol. The van der Waals surface area contributed by atoms with Gasteiger partial charge in [0, 0.05) is 17.8 Å². The summed E-state index contributed by atoms with van der Waals surface area (Å²) in [6.45, 7) is 0. The highest BCUT2D eigenvalue weighted by Crippen LogP contribution is 2.32. The zero-order chi connectivity index (χ0) is 17.7. The maximum Gasteiger partial charge on any atom is 0.417 e. The van der Waals surface area contributed by atoms with E-state index in [2.05, 4.69) is 15.5 Å². The quantitative estimate of drug-likeness (QED) is 0.641. The molecule has 0 aliphatic rings. The Morgan fingerprint density at radius 3 is 2.54 bits per heavy atom. The molecular formula is C15H13ClF3N3O2. The fraction of sp³-hybridized carbons (Fsp3) is 0.200. The van der Waals surface area contributed by atoms with E-state index in [9.17, 15) is 13.2 Å². The molecule has 1 heterocycles. The Balaban J connectivity index is 2.15. The first kappa shape index (κ1) is 17.9. The van der Waals surface area contributed by atoms with Crippen LogP contribution in [0.4, 0.5) is 19.0 Å². The van der Waals surface area contributed by atoms with Gasteiger partial charge in [0.05, 0.1) is 31.0 Å². The first-order valence-corrected chi connectivity index (χ1v) is 6.96. The molecule has 0 atom stereocenters. The molecule has 0 fully saturated rings. The lowest BCUT2D eigenvalue weighted by atomic mass is 10.2. The van der Waals surface area contributed by atoms with Crippen LogP contribution >= 0.6 is 11.6 Å². The highest BCUT2D eigenvalue weighted by Gasteiger charge is 2.31. The molecule has 0 bridgehead atoms. The smallest absolute Gasteiger partial charge is 0.417 e. The van der Waals surface area contributed by atoms with E-state index < -0.39 is 11.7 Å². The molecule has 0 aliphatic heterocycles. The van der Waals surface area contributed by atoms with Crippen molar-refractivity contribution in [2.75, 3.05) is 19.6 Å². The Morgan fingerprint density at radius 1 is 1.21 bits per heavy atom. The molecule has 0 aliphatic carbocycles. The number of methoxy groups -OCH3 is 2. The molecule has 0 unspecified atom stereocenters. The van der Waals surface area contributed by atoms with E-state index in [1.54, 1.807) is 18.2 Å². The number of hydrazone groups is 1. The van der Waals surface area contributed by atoms with Gasteiger partial charge in [0.1, 0.15) is 11.5 Å². The molecule has 0 spiro atoms. The number of rotatable bonds is 5. The number of anilines is 1. The van der Waals surface area contributed by atoms with E-state index in [4.69, 9.17) is 21.1 Å². The van der Waals surface area contributed by atoms with Crippen LogP contribution in [0, 0.1) is 0 Å². The molecule has 24 heavy (non-hydrogen) atoms. The van der Waals surface area contributed by atoms with Gasteiger partial charge in [0.25, 0.3) is 0 Å². The van der Waals surface area contributed by atoms with Crippen molar-refractivity contribution in [2.24, 2.45) is 5.10 Å². The molecule has 9 heteroatoms. The Hall–Kier alpha value is -2.48. The van der Waals surface area contributed by atoms with Crippen LogP contribution in [0.1, 0.15) is 11.1 Å². The topological polar surface area (TPSA) is 55.7 Å². The monoisotopic (exact) mass is 359 g/mol. The predicted octanol–water partition coefficient (Wildman–Crippen LogP) is 4.22. The minimum atomic E-state index is -4.51. The van der Waals surface area contributed by atoms with Crippen molar-refractivity contribution in [2.45, 2.75) is 6.18 Å². The van der Waals surface area contributed by atoms with Gasteiger partial charge in [0.15, 0.2) is 5.82 Å². The van der Waals surface area contributed by atoms with Crippen LogP contribution in [-0.4, -0.2) is 25.4 Å². The summed E-state index contributed by atoms with van der Waals surface area (Å²) in [4.78, 5) is 3.62. The maximum atomic E-state index is 12.5. The third-order valence-electron chi connectivity index (χ3n) is 2.98. The molecule has 5 nitrogen and oxygen atoms in total. The zero-order valence-corrected chi connectivity index (χ0v) is 13.4. The number of aromatic nitrogens is 1. The Labute approximate surface area is 141 Å². The summed E-state index contributed by atoms with van der Waals surface area (Å²) in [5, 5.41) is 3.71. The van der Waals surface area contributed by atoms with Gasteiger partial charge in [-0.05, 0) is 18.2 Å². The second-order valence-electron chi connectivity index (χ2n) is 4.53. The van der Waals surface area contributed by atoms with Crippen molar-refractivity contribution in [3.63, 3.8) is 0 Å². The van der Waals surface area contributed by atoms with Gasteiger partial charge < -0.3 is 9.47 Å². The van der Waals surface area contributed by atoms with Crippen molar-refractivity contribution >= 4 is 23.6 Å². The Bertz CT molecular complexity index is 751. The third kappa shape index (κ3) is 4.29. The number of ether oxygens (including phenoxy) is 2. The van der Waals surface area contributed by atoms with Gasteiger partial charge >= 0.3 is 6.18 Å². The molecule has 0 amide bonds. The molecule has 1 aromatic heterocycles. The van der Waals surface area contributed by atoms with Crippen LogP contribution in [-0.2, 0) is 6.18 Å². The van der Waals surface area contributed by atoms with Crippen molar-refractivity contribution in [3.05, 3.63) is 46.6 Å². The first-order valence-electron chi connectivity index (χ1n) is 6.59. The van der Waals surface area contributed by atoms with Crippen molar-refractivity contribution < 1.29 is 22.6 Å². The number of halogens is 4. The number of nitrogens with zero attached hydrogens (tertiary/aromatic N) is 2. The largest absolute Gasteiger partial charge is 0.497 e. The maximum absolute atomic E-state index is 12.5. The minimum absolute atomic E-state index is 0.00777. The van der Waals surface area contributed by atoms with E-state index in [0.717, 1.165) is 6.07 Å². The normalized spacial score (nSPS) is 11.6. The van der Waals surface area contributed by atoms with Gasteiger partial charge in [-0.25, -0.2) is 4.98 Å². The van der Waals surface area contributed by atoms with Crippen LogP contribution in [0.25, 0.3) is 0 Å². The molecule has 1 aromatic carbocycles. The van der Waals surface area contributed by atoms with Crippen LogP contribution in [0.15, 0.2) is 35.6 Å². The average molecular weight is 360 g/mol. The molecule has 1 N–H and O–H groups in total. The highest BCUT2D eigenvalue weighted by atomic mass is 35.5. The van der Waals surface area contributed by atoms with E-state index >= 15 is 0 Å². The van der Waals surface area contributed by atoms with Crippen molar-refractivity contribution in [1.29, 1.82) is 0 Å². The number of hydrogen-bond acceptors (Lipinski definition) is 5. The predicted molar refractivity (Wildman–Crippen MR) is 85.0 cm³/mol. The van der Waals surface area contributed by atoms with Crippen LogP contribution in [0.2, 0.25) is 5.02 Å². The fourth-order valence-corrected chi connectivity index (χ4v) is 1.97. The Kier molecular flexibility index (Phi) is 5.50. The van der Waals surface area contributed by atoms with Crippen LogP contribution in [0.3, 0.4) is 0 Å². The van der Waals surface area contributed by atoms with E-state index in [1.165, 1.54) is 20.4 Å². The first-order chi connectivity index (χ1) is 11.3. The molecule has 128 valence electrons. The van der Waals surface area contributed by atoms with Gasteiger partial charge in [-0.15, -0.1) is 0 Å². The minimum Gasteiger partial charge on any atom is -0.497 e. The summed E-state index contributed by atoms with van der Waals surface area (Å²) in [6.07, 6.45) is -2.40. The van der Waals surface area contributed by atoms with Gasteiger partial charge in [-0.3, -0.25) is 5.43 Å². The number of pyridine rings is 1. The summed E-state index contributed by atoms with van der Waals surface area (Å²) >= 11 is 5.78. The summed E-state index contributed by atoms with van der Waals surface area (Å²) in [6, 6.07) is 5.88. The lowest BCUT2D eigenvalue weighted by Gasteiger charge is -2.09. The SMILES string of the molecule is COc1ccc(C=NNc2ncc(C(F)(F)F)cc2Cl)c(OC)c1. The summed E-state index contributed by atoms with van der Waals surface area (Å²) in [7, 11) is 3.02. The number of benzene rings is 1. The van der Waals surface area contributed by atoms with Crippen LogP contribution in [0.5, 0.6) is 11.5 Å². The van der Waals surface area contributed by atoms with E-state index in [0.29, 0.717) is 23.3 Å². The fourth-order valence-electron chi connectivity index (χ4n) is 1.76. The van der Waals surface area contributed by atoms with Gasteiger partial charge in [-0.1, -0.05) is 11.6 Å². The second kappa shape index (κ2) is 7.39. The number of nitrogens with one attached hydrogen (secondary N) is 1. The molecule has 0 radical (unpaired) electrons. The van der Waals surface area contributed by atoms with Gasteiger partial charge in [0.2, 0.25) is 0 Å². The average Bonchev–Trinajstić information content (AvgIpc) is 2.55. The Morgan fingerprint density at radius 2 is 1.96 bits per heavy atom. The lowest BCUT2D eigenvalue weighted by molar-refractivity contribution is -0.137. The van der Waals surface area contributed by atoms with Crippen molar-refractivity contribution in [3.8, 4) is 11.5 Å². The van der Waals surface area contributed by atoms with Crippen molar-refractivity contribution in [1.82, 2.24) is 4.98 Å². The van der Waals surface area contributed by atoms with E-state index in [1.807, 2.05) is 0 Å². The van der Waals surface area contributed by atoms with Crippen LogP contribution < -0.4 is 14.9 Å². The van der Waals surface area contributed by atoms with E-state index in [-0.39, 0.29) is 10.8 Å². The zero-order valence-electron chi connectivity index (χ0n) is 12.7. The lowest BCUT2D eigenvalue weighted by Crippen LogP contribution is -2.06. The number of alkyl halides is 3. The molecule has 2 aromatic rings. The second-order valence-corrected chi connectivity index (χ2v) is 4.94. The van der Waals surface area contributed by atoms with Gasteiger partial charge in [-0.2, -0.15) is 18.3 Å². The summed E-state index contributed by atoms with van der Waals surface area (Å²) in [5.41, 5.74) is 2.19. The number of hydrogen-bond donors (Lipinski definition) is 1. The summed E-state index contributed by atoms with van der Waals surface area (Å²) < 4.78 is 47.9.